The van der Waals surface area contributed by atoms with Crippen molar-refractivity contribution in [2.45, 2.75) is 19.9 Å². The molecule has 0 fully saturated rings. The summed E-state index contributed by atoms with van der Waals surface area (Å²) >= 11 is 6.60. The van der Waals surface area contributed by atoms with Gasteiger partial charge in [-0.05, 0) is 49.7 Å². The lowest BCUT2D eigenvalue weighted by molar-refractivity contribution is -0.113. The number of hydrogen-bond acceptors (Lipinski definition) is 8. The van der Waals surface area contributed by atoms with Crippen LogP contribution in [0.5, 0.6) is 0 Å². The van der Waals surface area contributed by atoms with Gasteiger partial charge in [-0.15, -0.1) is 0 Å². The van der Waals surface area contributed by atoms with Gasteiger partial charge < -0.3 is 20.8 Å². The normalized spacial score (nSPS) is 15.5. The molecule has 0 spiro atoms. The predicted octanol–water partition coefficient (Wildman–Crippen LogP) is 4.79. The van der Waals surface area contributed by atoms with E-state index in [4.69, 9.17) is 26.7 Å². The summed E-state index contributed by atoms with van der Waals surface area (Å²) in [4.78, 5) is 26.7. The van der Waals surface area contributed by atoms with Gasteiger partial charge in [0.05, 0.1) is 11.3 Å². The second-order valence-electron chi connectivity index (χ2n) is 8.08. The number of nitrogens with two attached hydrogens (primary N) is 1. The number of benzene rings is 2. The third kappa shape index (κ3) is 4.53. The zero-order valence-corrected chi connectivity index (χ0v) is 19.7. The lowest BCUT2D eigenvalue weighted by Gasteiger charge is -2.27. The molecule has 0 saturated heterocycles. The molecule has 0 saturated carbocycles. The Bertz CT molecular complexity index is 1490. The van der Waals surface area contributed by atoms with E-state index in [1.54, 1.807) is 49.5 Å². The summed E-state index contributed by atoms with van der Waals surface area (Å²) in [5.74, 6) is 0.444. The number of nitrogen functional groups attached to an aromatic ring is 1. The van der Waals surface area contributed by atoms with Crippen LogP contribution in [0.15, 0.2) is 81.5 Å². The molecule has 4 aromatic rings. The highest BCUT2D eigenvalue weighted by Gasteiger charge is 2.31. The van der Waals surface area contributed by atoms with Crippen LogP contribution >= 0.6 is 11.6 Å². The molecule has 0 aliphatic carbocycles. The molecular weight excluding hydrogens is 466 g/mol. The summed E-state index contributed by atoms with van der Waals surface area (Å²) in [5.41, 5.74) is 10.3. The molecule has 9 nitrogen and oxygen atoms in total. The first kappa shape index (κ1) is 22.4. The summed E-state index contributed by atoms with van der Waals surface area (Å²) in [6, 6.07) is 15.8. The number of nitrogens with one attached hydrogen (secondary N) is 3. The van der Waals surface area contributed by atoms with Crippen LogP contribution in [0.3, 0.4) is 0 Å². The Balaban J connectivity index is 1.51. The molecule has 1 aliphatic heterocycles. The van der Waals surface area contributed by atoms with Gasteiger partial charge in [0, 0.05) is 22.5 Å². The first-order valence-electron chi connectivity index (χ1n) is 10.8. The number of hydrogen-bond donors (Lipinski definition) is 4. The summed E-state index contributed by atoms with van der Waals surface area (Å²) in [6.45, 7) is 3.74. The Morgan fingerprint density at radius 2 is 2.00 bits per heavy atom. The molecule has 1 amide bonds. The summed E-state index contributed by atoms with van der Waals surface area (Å²) in [5, 5.41) is 9.53. The van der Waals surface area contributed by atoms with Gasteiger partial charge in [0.15, 0.2) is 5.58 Å². The minimum Gasteiger partial charge on any atom is -0.421 e. The van der Waals surface area contributed by atoms with Gasteiger partial charge in [0.25, 0.3) is 5.91 Å². The van der Waals surface area contributed by atoms with E-state index in [0.717, 1.165) is 5.56 Å². The van der Waals surface area contributed by atoms with E-state index in [9.17, 15) is 4.79 Å². The van der Waals surface area contributed by atoms with Gasteiger partial charge in [0.2, 0.25) is 5.96 Å². The van der Waals surface area contributed by atoms with Crippen LogP contribution in [0.1, 0.15) is 24.1 Å². The average molecular weight is 488 g/mol. The van der Waals surface area contributed by atoms with Crippen molar-refractivity contribution in [2.24, 2.45) is 4.99 Å². The molecule has 3 heterocycles. The van der Waals surface area contributed by atoms with E-state index < -0.39 is 6.04 Å². The number of nitrogens with zero attached hydrogens (tertiary/aromatic N) is 3. The Morgan fingerprint density at radius 3 is 2.74 bits per heavy atom. The van der Waals surface area contributed by atoms with Crippen LogP contribution < -0.4 is 21.7 Å². The molecule has 0 bridgehead atoms. The van der Waals surface area contributed by atoms with Crippen molar-refractivity contribution < 1.29 is 9.21 Å². The highest BCUT2D eigenvalue weighted by atomic mass is 35.5. The third-order valence-electron chi connectivity index (χ3n) is 5.51. The first-order valence-corrected chi connectivity index (χ1v) is 11.2. The number of halogens is 1. The molecule has 1 atom stereocenters. The average Bonchev–Trinajstić information content (AvgIpc) is 3.23. The zero-order valence-electron chi connectivity index (χ0n) is 19.0. The third-order valence-corrected chi connectivity index (χ3v) is 5.84. The number of para-hydroxylation sites is 1. The molecule has 1 aliphatic rings. The van der Waals surface area contributed by atoms with E-state index in [2.05, 4.69) is 25.9 Å². The smallest absolute Gasteiger partial charge is 0.302 e. The van der Waals surface area contributed by atoms with Gasteiger partial charge >= 0.3 is 6.01 Å². The lowest BCUT2D eigenvalue weighted by Crippen LogP contribution is -2.37. The predicted molar refractivity (Wildman–Crippen MR) is 137 cm³/mol. The standard InChI is InChI=1S/C25H22ClN7O2/c1-13-9-10-15(16(26)12-13)21-20(23(34)31-19-8-3-4-11-28-19)14(2)29-24(32-21)33-25-30-18-7-5-6-17(27)22(18)35-25/h3-12,21H,27H2,1-2H3,(H,28,31,34)(H2,29,30,32,33). The molecule has 10 heteroatoms. The van der Waals surface area contributed by atoms with Crippen LogP contribution in [-0.4, -0.2) is 21.8 Å². The number of anilines is 3. The Morgan fingerprint density at radius 1 is 1.14 bits per heavy atom. The van der Waals surface area contributed by atoms with Gasteiger partial charge in [0.1, 0.15) is 17.4 Å². The number of amides is 1. The quantitative estimate of drug-likeness (QED) is 0.304. The fraction of sp³-hybridized carbons (Fsp3) is 0.120. The highest BCUT2D eigenvalue weighted by molar-refractivity contribution is 6.31. The van der Waals surface area contributed by atoms with Crippen LogP contribution in [0.25, 0.3) is 11.1 Å². The summed E-state index contributed by atoms with van der Waals surface area (Å²) in [6.07, 6.45) is 1.61. The molecule has 176 valence electrons. The van der Waals surface area contributed by atoms with Crippen LogP contribution in [0, 0.1) is 6.92 Å². The zero-order chi connectivity index (χ0) is 24.5. The van der Waals surface area contributed by atoms with Crippen molar-refractivity contribution in [2.75, 3.05) is 16.4 Å². The SMILES string of the molecule is CC1=C(C(=O)Nc2ccccn2)C(c2ccc(C)cc2Cl)N=C(Nc2nc3cccc(N)c3o2)N1. The maximum absolute atomic E-state index is 13.3. The molecule has 5 N–H and O–H groups in total. The number of guanidine groups is 1. The molecule has 5 rings (SSSR count). The Hall–Kier alpha value is -4.37. The number of pyridine rings is 1. The number of fused-ring (bicyclic) bond motifs is 1. The van der Waals surface area contributed by atoms with Crippen molar-refractivity contribution >= 4 is 52.1 Å². The maximum Gasteiger partial charge on any atom is 0.302 e. The van der Waals surface area contributed by atoms with Crippen molar-refractivity contribution in [3.8, 4) is 0 Å². The summed E-state index contributed by atoms with van der Waals surface area (Å²) in [7, 11) is 0. The highest BCUT2D eigenvalue weighted by Crippen LogP contribution is 2.36. The van der Waals surface area contributed by atoms with E-state index in [0.29, 0.717) is 50.4 Å². The van der Waals surface area contributed by atoms with E-state index in [1.165, 1.54) is 0 Å². The monoisotopic (exact) mass is 487 g/mol. The van der Waals surface area contributed by atoms with Gasteiger partial charge in [-0.2, -0.15) is 4.98 Å². The summed E-state index contributed by atoms with van der Waals surface area (Å²) < 4.78 is 5.77. The van der Waals surface area contributed by atoms with Gasteiger partial charge in [-0.1, -0.05) is 35.9 Å². The van der Waals surface area contributed by atoms with Crippen LogP contribution in [-0.2, 0) is 4.79 Å². The molecule has 35 heavy (non-hydrogen) atoms. The number of carbonyl (C=O) groups is 1. The van der Waals surface area contributed by atoms with Crippen molar-refractivity contribution in [1.82, 2.24) is 15.3 Å². The maximum atomic E-state index is 13.3. The fourth-order valence-corrected chi connectivity index (χ4v) is 4.20. The van der Waals surface area contributed by atoms with Crippen LogP contribution in [0.4, 0.5) is 17.5 Å². The van der Waals surface area contributed by atoms with Gasteiger partial charge in [-0.3, -0.25) is 10.1 Å². The van der Waals surface area contributed by atoms with Crippen molar-refractivity contribution in [1.29, 1.82) is 0 Å². The minimum absolute atomic E-state index is 0.215. The number of rotatable bonds is 4. The number of carbonyl (C=O) groups excluding carboxylic acids is 1. The van der Waals surface area contributed by atoms with Crippen LogP contribution in [0.2, 0.25) is 5.02 Å². The molecule has 0 radical (unpaired) electrons. The van der Waals surface area contributed by atoms with E-state index in [1.807, 2.05) is 25.1 Å². The number of oxazole rings is 1. The Labute approximate surface area is 206 Å². The second-order valence-corrected chi connectivity index (χ2v) is 8.48. The van der Waals surface area contributed by atoms with Gasteiger partial charge in [-0.25, -0.2) is 9.98 Å². The number of allylic oxidation sites excluding steroid dienone is 1. The largest absolute Gasteiger partial charge is 0.421 e. The first-order chi connectivity index (χ1) is 16.9. The molecular formula is C25H22ClN7O2. The number of aromatic nitrogens is 2. The van der Waals surface area contributed by atoms with Crippen molar-refractivity contribution in [3.05, 3.63) is 88.2 Å². The molecule has 2 aromatic carbocycles. The number of aryl methyl sites for hydroxylation is 1. The van der Waals surface area contributed by atoms with E-state index in [-0.39, 0.29) is 11.9 Å². The Kier molecular flexibility index (Phi) is 5.84. The number of aliphatic imine (C=N–C) groups is 1. The minimum atomic E-state index is -0.690. The molecule has 2 aromatic heterocycles. The lowest BCUT2D eigenvalue weighted by atomic mass is 9.95. The fourth-order valence-electron chi connectivity index (χ4n) is 3.86. The second kappa shape index (κ2) is 9.11. The van der Waals surface area contributed by atoms with E-state index >= 15 is 0 Å². The molecule has 1 unspecified atom stereocenters. The topological polar surface area (TPSA) is 130 Å². The van der Waals surface area contributed by atoms with Crippen molar-refractivity contribution in [3.63, 3.8) is 0 Å².